The summed E-state index contributed by atoms with van der Waals surface area (Å²) in [6, 6.07) is 7.01. The van der Waals surface area contributed by atoms with Gasteiger partial charge < -0.3 is 20.3 Å². The van der Waals surface area contributed by atoms with Gasteiger partial charge in [0.05, 0.1) is 18.1 Å². The number of carboxylic acids is 1. The molecule has 4 N–H and O–H groups in total. The molecule has 112 valence electrons. The van der Waals surface area contributed by atoms with E-state index in [1.165, 1.54) is 0 Å². The Morgan fingerprint density at radius 1 is 1.38 bits per heavy atom. The molecule has 1 fully saturated rings. The van der Waals surface area contributed by atoms with Crippen molar-refractivity contribution in [2.45, 2.75) is 18.6 Å². The zero-order valence-electron chi connectivity index (χ0n) is 11.7. The second-order valence-electron chi connectivity index (χ2n) is 5.70. The van der Waals surface area contributed by atoms with Gasteiger partial charge in [-0.2, -0.15) is 0 Å². The third-order valence-electron chi connectivity index (χ3n) is 4.25. The molecule has 0 saturated carbocycles. The molecule has 3 unspecified atom stereocenters. The van der Waals surface area contributed by atoms with Gasteiger partial charge in [0, 0.05) is 23.8 Å². The van der Waals surface area contributed by atoms with Crippen LogP contribution in [0.15, 0.2) is 24.3 Å². The van der Waals surface area contributed by atoms with Crippen molar-refractivity contribution in [3.63, 3.8) is 0 Å². The molecule has 21 heavy (non-hydrogen) atoms. The number of benzene rings is 1. The minimum Gasteiger partial charge on any atom is -0.508 e. The molecule has 1 aliphatic rings. The summed E-state index contributed by atoms with van der Waals surface area (Å²) in [6.07, 6.45) is -0.491. The number of carboxylic acid groups (broad SMARTS) is 1. The number of carbonyl (C=O) groups is 1. The van der Waals surface area contributed by atoms with E-state index in [0.717, 1.165) is 16.6 Å². The maximum absolute atomic E-state index is 11.1. The molecule has 2 aromatic rings. The minimum atomic E-state index is -0.964. The predicted octanol–water partition coefficient (Wildman–Crippen LogP) is 1.31. The highest BCUT2D eigenvalue weighted by Crippen LogP contribution is 2.34. The third kappa shape index (κ3) is 2.48. The topological polar surface area (TPSA) is 96.8 Å². The fourth-order valence-corrected chi connectivity index (χ4v) is 3.06. The number of aliphatic hydroxyl groups excluding tert-OH is 1. The molecule has 0 spiro atoms. The molecule has 3 rings (SSSR count). The number of piperidine rings is 1. The average molecular weight is 290 g/mol. The Labute approximate surface area is 121 Å². The van der Waals surface area contributed by atoms with E-state index in [1.807, 2.05) is 24.1 Å². The van der Waals surface area contributed by atoms with Gasteiger partial charge in [0.15, 0.2) is 0 Å². The number of aliphatic carboxylic acids is 1. The summed E-state index contributed by atoms with van der Waals surface area (Å²) in [5.74, 6) is -1.52. The first-order valence-corrected chi connectivity index (χ1v) is 6.88. The van der Waals surface area contributed by atoms with Crippen molar-refractivity contribution in [2.24, 2.45) is 5.92 Å². The minimum absolute atomic E-state index is 0.0647. The fraction of sp³-hybridized carbons (Fsp3) is 0.400. The van der Waals surface area contributed by atoms with Crippen molar-refractivity contribution < 1.29 is 20.1 Å². The summed E-state index contributed by atoms with van der Waals surface area (Å²) in [5.41, 5.74) is 1.74. The Morgan fingerprint density at radius 2 is 2.14 bits per heavy atom. The van der Waals surface area contributed by atoms with Crippen molar-refractivity contribution >= 4 is 16.9 Å². The number of nitrogens with one attached hydrogen (secondary N) is 1. The molecular formula is C15H18N2O4. The molecule has 6 nitrogen and oxygen atoms in total. The standard InChI is InChI=1S/C15H18N2O4/c1-17-7-10(15(20)21)14(19)6-13(17)12-4-8-2-3-9(18)5-11(8)16-12/h2-5,10,13-14,16,18-19H,6-7H2,1H3,(H,20,21). The molecule has 1 aromatic carbocycles. The lowest BCUT2D eigenvalue weighted by Gasteiger charge is -2.38. The van der Waals surface area contributed by atoms with Gasteiger partial charge in [-0.25, -0.2) is 0 Å². The number of H-pyrrole nitrogens is 1. The maximum atomic E-state index is 11.1. The van der Waals surface area contributed by atoms with E-state index in [-0.39, 0.29) is 11.8 Å². The Kier molecular flexibility index (Phi) is 3.35. The molecular weight excluding hydrogens is 272 g/mol. The molecule has 6 heteroatoms. The first kappa shape index (κ1) is 13.9. The quantitative estimate of drug-likeness (QED) is 0.669. The monoisotopic (exact) mass is 290 g/mol. The highest BCUT2D eigenvalue weighted by molar-refractivity contribution is 5.82. The van der Waals surface area contributed by atoms with Gasteiger partial charge in [-0.3, -0.25) is 9.69 Å². The van der Waals surface area contributed by atoms with Gasteiger partial charge in [-0.05, 0) is 37.1 Å². The van der Waals surface area contributed by atoms with Crippen molar-refractivity contribution in [2.75, 3.05) is 13.6 Å². The van der Waals surface area contributed by atoms with Crippen molar-refractivity contribution in [3.05, 3.63) is 30.0 Å². The van der Waals surface area contributed by atoms with Crippen LogP contribution in [0.2, 0.25) is 0 Å². The van der Waals surface area contributed by atoms with Crippen LogP contribution in [0.25, 0.3) is 10.9 Å². The molecule has 0 bridgehead atoms. The number of phenols is 1. The first-order chi connectivity index (χ1) is 9.95. The van der Waals surface area contributed by atoms with Crippen molar-refractivity contribution in [1.29, 1.82) is 0 Å². The smallest absolute Gasteiger partial charge is 0.310 e. The van der Waals surface area contributed by atoms with Crippen LogP contribution < -0.4 is 0 Å². The summed E-state index contributed by atoms with van der Waals surface area (Å²) < 4.78 is 0. The molecule has 0 amide bonds. The zero-order valence-corrected chi connectivity index (χ0v) is 11.7. The highest BCUT2D eigenvalue weighted by atomic mass is 16.4. The molecule has 3 atom stereocenters. The van der Waals surface area contributed by atoms with Gasteiger partial charge >= 0.3 is 5.97 Å². The first-order valence-electron chi connectivity index (χ1n) is 6.88. The third-order valence-corrected chi connectivity index (χ3v) is 4.25. The van der Waals surface area contributed by atoms with E-state index in [4.69, 9.17) is 5.11 Å². The summed E-state index contributed by atoms with van der Waals surface area (Å²) >= 11 is 0. The SMILES string of the molecule is CN1CC(C(=O)O)C(O)CC1c1cc2ccc(O)cc2[nH]1. The Hall–Kier alpha value is -2.05. The lowest BCUT2D eigenvalue weighted by atomic mass is 9.89. The number of hydrogen-bond donors (Lipinski definition) is 4. The number of aromatic amines is 1. The van der Waals surface area contributed by atoms with Crippen LogP contribution in [-0.4, -0.2) is 50.9 Å². The van der Waals surface area contributed by atoms with Crippen LogP contribution in [0.3, 0.4) is 0 Å². The van der Waals surface area contributed by atoms with Crippen LogP contribution in [-0.2, 0) is 4.79 Å². The number of aromatic hydroxyl groups is 1. The lowest BCUT2D eigenvalue weighted by molar-refractivity contribution is -0.150. The van der Waals surface area contributed by atoms with E-state index in [0.29, 0.717) is 13.0 Å². The lowest BCUT2D eigenvalue weighted by Crippen LogP contribution is -2.46. The number of fused-ring (bicyclic) bond motifs is 1. The van der Waals surface area contributed by atoms with Crippen LogP contribution >= 0.6 is 0 Å². The number of aromatic nitrogens is 1. The van der Waals surface area contributed by atoms with Crippen molar-refractivity contribution in [1.82, 2.24) is 9.88 Å². The van der Waals surface area contributed by atoms with E-state index in [9.17, 15) is 15.0 Å². The summed E-state index contributed by atoms with van der Waals surface area (Å²) in [5, 5.41) is 29.6. The summed E-state index contributed by atoms with van der Waals surface area (Å²) in [7, 11) is 1.86. The summed E-state index contributed by atoms with van der Waals surface area (Å²) in [6.45, 7) is 0.307. The number of nitrogens with zero attached hydrogens (tertiary/aromatic N) is 1. The molecule has 2 heterocycles. The number of hydrogen-bond acceptors (Lipinski definition) is 4. The molecule has 0 aliphatic carbocycles. The Balaban J connectivity index is 1.90. The number of phenolic OH excluding ortho intramolecular Hbond substituents is 1. The Morgan fingerprint density at radius 3 is 2.86 bits per heavy atom. The van der Waals surface area contributed by atoms with E-state index >= 15 is 0 Å². The second-order valence-corrected chi connectivity index (χ2v) is 5.70. The predicted molar refractivity (Wildman–Crippen MR) is 77.1 cm³/mol. The number of aliphatic hydroxyl groups is 1. The van der Waals surface area contributed by atoms with Gasteiger partial charge in [-0.15, -0.1) is 0 Å². The van der Waals surface area contributed by atoms with Crippen molar-refractivity contribution in [3.8, 4) is 5.75 Å². The van der Waals surface area contributed by atoms with Gasteiger partial charge in [-0.1, -0.05) is 0 Å². The van der Waals surface area contributed by atoms with Crippen LogP contribution in [0, 0.1) is 5.92 Å². The maximum Gasteiger partial charge on any atom is 0.310 e. The molecule has 1 aromatic heterocycles. The van der Waals surface area contributed by atoms with Crippen LogP contribution in [0.1, 0.15) is 18.2 Å². The number of rotatable bonds is 2. The van der Waals surface area contributed by atoms with Gasteiger partial charge in [0.25, 0.3) is 0 Å². The average Bonchev–Trinajstić information content (AvgIpc) is 2.83. The number of likely N-dealkylation sites (tertiary alicyclic amines) is 1. The van der Waals surface area contributed by atoms with E-state index < -0.39 is 18.0 Å². The molecule has 0 radical (unpaired) electrons. The van der Waals surface area contributed by atoms with Crippen LogP contribution in [0.5, 0.6) is 5.75 Å². The van der Waals surface area contributed by atoms with Crippen LogP contribution in [0.4, 0.5) is 0 Å². The molecule has 1 aliphatic heterocycles. The van der Waals surface area contributed by atoms with E-state index in [1.54, 1.807) is 12.1 Å². The van der Waals surface area contributed by atoms with Gasteiger partial charge in [0.2, 0.25) is 0 Å². The van der Waals surface area contributed by atoms with Gasteiger partial charge in [0.1, 0.15) is 5.75 Å². The summed E-state index contributed by atoms with van der Waals surface area (Å²) in [4.78, 5) is 16.3. The largest absolute Gasteiger partial charge is 0.508 e. The Bertz CT molecular complexity index is 681. The molecule has 1 saturated heterocycles. The second kappa shape index (κ2) is 5.05. The van der Waals surface area contributed by atoms with E-state index in [2.05, 4.69) is 4.98 Å². The normalized spacial score (nSPS) is 27.0. The zero-order chi connectivity index (χ0) is 15.1. The fourth-order valence-electron chi connectivity index (χ4n) is 3.06. The highest BCUT2D eigenvalue weighted by Gasteiger charge is 2.38.